The predicted octanol–water partition coefficient (Wildman–Crippen LogP) is 6.28. The topological polar surface area (TPSA) is 0 Å². The van der Waals surface area contributed by atoms with Crippen molar-refractivity contribution < 1.29 is 0 Å². The van der Waals surface area contributed by atoms with Crippen LogP contribution in [0.4, 0.5) is 0 Å². The zero-order chi connectivity index (χ0) is 15.7. The van der Waals surface area contributed by atoms with E-state index >= 15 is 0 Å². The highest BCUT2D eigenvalue weighted by Gasteiger charge is 2.02. The van der Waals surface area contributed by atoms with Crippen LogP contribution in [-0.2, 0) is 0 Å². The SMILES string of the molecule is C=C/C=C(\C=C/C)C(C)/C=C\C(=C/C)c1ccc(C)cc1. The van der Waals surface area contributed by atoms with Gasteiger partial charge in [-0.3, -0.25) is 0 Å². The molecular weight excluding hydrogens is 252 g/mol. The van der Waals surface area contributed by atoms with Gasteiger partial charge < -0.3 is 0 Å². The first kappa shape index (κ1) is 17.0. The Bertz CT molecular complexity index is 563. The lowest BCUT2D eigenvalue weighted by Crippen LogP contribution is -1.93. The van der Waals surface area contributed by atoms with E-state index in [9.17, 15) is 0 Å². The number of allylic oxidation sites excluding steroid dienone is 9. The van der Waals surface area contributed by atoms with Gasteiger partial charge in [0.05, 0.1) is 0 Å². The molecule has 0 saturated heterocycles. The van der Waals surface area contributed by atoms with Crippen LogP contribution in [-0.4, -0.2) is 0 Å². The average Bonchev–Trinajstić information content (AvgIpc) is 2.49. The molecule has 0 nitrogen and oxygen atoms in total. The van der Waals surface area contributed by atoms with E-state index in [0.29, 0.717) is 5.92 Å². The minimum atomic E-state index is 0.361. The summed E-state index contributed by atoms with van der Waals surface area (Å²) in [5.74, 6) is 0.361. The monoisotopic (exact) mass is 278 g/mol. The van der Waals surface area contributed by atoms with Gasteiger partial charge in [-0.05, 0) is 43.4 Å². The van der Waals surface area contributed by atoms with Crippen molar-refractivity contribution >= 4 is 5.57 Å². The molecule has 0 radical (unpaired) electrons. The second kappa shape index (κ2) is 8.97. The summed E-state index contributed by atoms with van der Waals surface area (Å²) in [4.78, 5) is 0. The second-order valence-corrected chi connectivity index (χ2v) is 5.16. The van der Waals surface area contributed by atoms with E-state index in [1.165, 1.54) is 22.3 Å². The molecule has 110 valence electrons. The Kier molecular flexibility index (Phi) is 7.25. The quantitative estimate of drug-likeness (QED) is 0.537. The minimum absolute atomic E-state index is 0.361. The highest BCUT2D eigenvalue weighted by Crippen LogP contribution is 2.20. The molecule has 0 aliphatic heterocycles. The standard InChI is InChI=1S/C21H26/c1-6-9-20(10-7-2)18(5)13-16-19(8-3)21-14-11-17(4)12-15-21/h6-16,18H,1H2,2-5H3/b10-7-,16-13-,19-8+,20-9+. The molecule has 21 heavy (non-hydrogen) atoms. The molecule has 0 spiro atoms. The first-order valence-electron chi connectivity index (χ1n) is 7.49. The van der Waals surface area contributed by atoms with Crippen molar-refractivity contribution in [2.75, 3.05) is 0 Å². The number of rotatable bonds is 6. The molecule has 1 atom stereocenters. The molecule has 0 aliphatic rings. The van der Waals surface area contributed by atoms with Crippen molar-refractivity contribution in [2.45, 2.75) is 27.7 Å². The van der Waals surface area contributed by atoms with Crippen molar-refractivity contribution in [3.8, 4) is 0 Å². The van der Waals surface area contributed by atoms with E-state index in [1.54, 1.807) is 0 Å². The molecule has 1 aromatic rings. The molecule has 0 heteroatoms. The largest absolute Gasteiger partial charge is 0.0991 e. The van der Waals surface area contributed by atoms with Crippen LogP contribution in [0.3, 0.4) is 0 Å². The van der Waals surface area contributed by atoms with Crippen LogP contribution in [0.1, 0.15) is 31.9 Å². The Balaban J connectivity index is 2.93. The van der Waals surface area contributed by atoms with Crippen molar-refractivity contribution in [3.63, 3.8) is 0 Å². The van der Waals surface area contributed by atoms with Crippen molar-refractivity contribution in [1.82, 2.24) is 0 Å². The van der Waals surface area contributed by atoms with E-state index in [-0.39, 0.29) is 0 Å². The Labute approximate surface area is 129 Å². The van der Waals surface area contributed by atoms with Crippen LogP contribution >= 0.6 is 0 Å². The first-order chi connectivity index (χ1) is 10.1. The summed E-state index contributed by atoms with van der Waals surface area (Å²) in [6, 6.07) is 8.65. The maximum absolute atomic E-state index is 3.79. The molecule has 1 rings (SSSR count). The van der Waals surface area contributed by atoms with Gasteiger partial charge >= 0.3 is 0 Å². The fourth-order valence-electron chi connectivity index (χ4n) is 2.15. The second-order valence-electron chi connectivity index (χ2n) is 5.16. The van der Waals surface area contributed by atoms with Gasteiger partial charge in [0.1, 0.15) is 0 Å². The fraction of sp³-hybridized carbons (Fsp3) is 0.238. The lowest BCUT2D eigenvalue weighted by atomic mass is 9.97. The molecule has 0 saturated carbocycles. The van der Waals surface area contributed by atoms with Crippen molar-refractivity contribution in [1.29, 1.82) is 0 Å². The molecule has 1 aromatic carbocycles. The summed E-state index contributed by atoms with van der Waals surface area (Å²) in [5.41, 5.74) is 5.06. The third kappa shape index (κ3) is 5.43. The lowest BCUT2D eigenvalue weighted by Gasteiger charge is -2.09. The molecule has 0 amide bonds. The minimum Gasteiger partial charge on any atom is -0.0991 e. The number of aryl methyl sites for hydroxylation is 1. The number of hydrogen-bond acceptors (Lipinski definition) is 0. The predicted molar refractivity (Wildman–Crippen MR) is 96.2 cm³/mol. The summed E-state index contributed by atoms with van der Waals surface area (Å²) >= 11 is 0. The zero-order valence-corrected chi connectivity index (χ0v) is 13.6. The summed E-state index contributed by atoms with van der Waals surface area (Å²) in [5, 5.41) is 0. The van der Waals surface area contributed by atoms with E-state index in [4.69, 9.17) is 0 Å². The van der Waals surface area contributed by atoms with Gasteiger partial charge in [-0.2, -0.15) is 0 Å². The van der Waals surface area contributed by atoms with Gasteiger partial charge in [-0.1, -0.05) is 85.9 Å². The Hall–Kier alpha value is -2.08. The maximum atomic E-state index is 3.79. The lowest BCUT2D eigenvalue weighted by molar-refractivity contribution is 0.891. The van der Waals surface area contributed by atoms with Crippen LogP contribution in [0.2, 0.25) is 0 Å². The third-order valence-electron chi connectivity index (χ3n) is 3.46. The number of hydrogen-bond donors (Lipinski definition) is 0. The van der Waals surface area contributed by atoms with Crippen molar-refractivity contribution in [3.05, 3.63) is 90.1 Å². The first-order valence-corrected chi connectivity index (χ1v) is 7.49. The van der Waals surface area contributed by atoms with E-state index in [0.717, 1.165) is 0 Å². The average molecular weight is 278 g/mol. The molecule has 0 aliphatic carbocycles. The van der Waals surface area contributed by atoms with Gasteiger partial charge in [0, 0.05) is 0 Å². The van der Waals surface area contributed by atoms with Crippen LogP contribution < -0.4 is 0 Å². The van der Waals surface area contributed by atoms with Gasteiger partial charge in [-0.25, -0.2) is 0 Å². The molecule has 0 aromatic heterocycles. The number of benzene rings is 1. The van der Waals surface area contributed by atoms with E-state index in [1.807, 2.05) is 13.0 Å². The Morgan fingerprint density at radius 3 is 2.29 bits per heavy atom. The third-order valence-corrected chi connectivity index (χ3v) is 3.46. The van der Waals surface area contributed by atoms with Crippen LogP contribution in [0, 0.1) is 12.8 Å². The van der Waals surface area contributed by atoms with Gasteiger partial charge in [0.15, 0.2) is 0 Å². The van der Waals surface area contributed by atoms with Crippen LogP contribution in [0.25, 0.3) is 5.57 Å². The van der Waals surface area contributed by atoms with Crippen LogP contribution in [0.5, 0.6) is 0 Å². The van der Waals surface area contributed by atoms with Gasteiger partial charge in [-0.15, -0.1) is 0 Å². The van der Waals surface area contributed by atoms with Gasteiger partial charge in [0.2, 0.25) is 0 Å². The molecule has 0 fully saturated rings. The molecular formula is C21H26. The Morgan fingerprint density at radius 2 is 1.76 bits per heavy atom. The van der Waals surface area contributed by atoms with Gasteiger partial charge in [0.25, 0.3) is 0 Å². The van der Waals surface area contributed by atoms with E-state index < -0.39 is 0 Å². The summed E-state index contributed by atoms with van der Waals surface area (Å²) < 4.78 is 0. The smallest absolute Gasteiger partial charge is 0.000723 e. The highest BCUT2D eigenvalue weighted by atomic mass is 14.1. The molecule has 0 heterocycles. The van der Waals surface area contributed by atoms with E-state index in [2.05, 4.69) is 88.1 Å². The maximum Gasteiger partial charge on any atom is -0.000723 e. The molecule has 1 unspecified atom stereocenters. The molecule has 0 bridgehead atoms. The summed E-state index contributed by atoms with van der Waals surface area (Å²) in [6.45, 7) is 12.2. The highest BCUT2D eigenvalue weighted by molar-refractivity contribution is 5.73. The van der Waals surface area contributed by atoms with Crippen molar-refractivity contribution in [2.24, 2.45) is 5.92 Å². The van der Waals surface area contributed by atoms with Crippen LogP contribution in [0.15, 0.2) is 78.9 Å². The summed E-state index contributed by atoms with van der Waals surface area (Å²) in [7, 11) is 0. The Morgan fingerprint density at radius 1 is 1.10 bits per heavy atom. The molecule has 0 N–H and O–H groups in total. The summed E-state index contributed by atoms with van der Waals surface area (Å²) in [6.07, 6.45) is 14.7. The fourth-order valence-corrected chi connectivity index (χ4v) is 2.15. The zero-order valence-electron chi connectivity index (χ0n) is 13.6. The normalized spacial score (nSPS) is 14.9.